The molecule has 0 saturated carbocycles. The number of anilines is 2. The number of carbonyl (C=O) groups is 3. The van der Waals surface area contributed by atoms with E-state index in [1.165, 1.54) is 6.92 Å². The Hall–Kier alpha value is -2.83. The summed E-state index contributed by atoms with van der Waals surface area (Å²) >= 11 is 0. The number of nitrogen functional groups attached to an aromatic ring is 1. The summed E-state index contributed by atoms with van der Waals surface area (Å²) in [7, 11) is 3.80. The smallest absolute Gasteiger partial charge is 0.359 e. The van der Waals surface area contributed by atoms with Crippen LogP contribution in [-0.4, -0.2) is 36.9 Å². The summed E-state index contributed by atoms with van der Waals surface area (Å²) in [5, 5.41) is 0.526. The van der Waals surface area contributed by atoms with E-state index in [1.54, 1.807) is 18.2 Å². The normalized spacial score (nSPS) is 15.1. The molecule has 0 radical (unpaired) electrons. The minimum atomic E-state index is -0.760. The highest BCUT2D eigenvalue weighted by atomic mass is 16.7. The number of hydrogen-bond acceptors (Lipinski definition) is 6. The van der Waals surface area contributed by atoms with Gasteiger partial charge >= 0.3 is 5.97 Å². The minimum absolute atomic E-state index is 0.0633. The molecule has 7 nitrogen and oxygen atoms in total. The minimum Gasteiger partial charge on any atom is -0.398 e. The first-order valence-corrected chi connectivity index (χ1v) is 7.13. The lowest BCUT2D eigenvalue weighted by atomic mass is 10.1. The van der Waals surface area contributed by atoms with Gasteiger partial charge in [0.05, 0.1) is 0 Å². The van der Waals surface area contributed by atoms with Crippen molar-refractivity contribution in [1.29, 1.82) is 0 Å². The van der Waals surface area contributed by atoms with Gasteiger partial charge in [-0.2, -0.15) is 0 Å². The lowest BCUT2D eigenvalue weighted by molar-refractivity contribution is -0.194. The van der Waals surface area contributed by atoms with Gasteiger partial charge in [0.25, 0.3) is 11.8 Å². The summed E-state index contributed by atoms with van der Waals surface area (Å²) < 4.78 is 0. The number of nitrogens with zero attached hydrogens (tertiary/aromatic N) is 2. The Bertz CT molecular complexity index is 679. The zero-order valence-corrected chi connectivity index (χ0v) is 13.3. The molecule has 0 spiro atoms. The van der Waals surface area contributed by atoms with Gasteiger partial charge in [0, 0.05) is 43.9 Å². The number of carbonyl (C=O) groups excluding carboxylic acids is 3. The van der Waals surface area contributed by atoms with Crippen LogP contribution >= 0.6 is 0 Å². The standard InChI is InChI=1S/C16H19N3O4/c1-10(16(22)23-19-14(20)6-7-15(19)21)8-11-4-5-12(18(2)3)9-13(11)17/h4-5,8-9H,6-7,17H2,1-3H3. The van der Waals surface area contributed by atoms with E-state index in [0.717, 1.165) is 5.69 Å². The number of nitrogens with two attached hydrogens (primary N) is 1. The average molecular weight is 317 g/mol. The van der Waals surface area contributed by atoms with Gasteiger partial charge in [-0.15, -0.1) is 5.06 Å². The summed E-state index contributed by atoms with van der Waals surface area (Å²) in [5.74, 6) is -1.78. The van der Waals surface area contributed by atoms with E-state index in [4.69, 9.17) is 10.6 Å². The molecule has 1 fully saturated rings. The summed E-state index contributed by atoms with van der Waals surface area (Å²) in [4.78, 5) is 41.6. The molecule has 0 unspecified atom stereocenters. The second-order valence-electron chi connectivity index (χ2n) is 5.50. The molecular formula is C16H19N3O4. The van der Waals surface area contributed by atoms with Crippen molar-refractivity contribution in [2.75, 3.05) is 24.7 Å². The molecule has 0 aromatic heterocycles. The van der Waals surface area contributed by atoms with Crippen LogP contribution in [0.5, 0.6) is 0 Å². The Balaban J connectivity index is 2.14. The van der Waals surface area contributed by atoms with Crippen molar-refractivity contribution in [2.24, 2.45) is 0 Å². The van der Waals surface area contributed by atoms with Crippen LogP contribution in [0.2, 0.25) is 0 Å². The first-order valence-electron chi connectivity index (χ1n) is 7.13. The van der Waals surface area contributed by atoms with Gasteiger partial charge in [-0.05, 0) is 30.7 Å². The molecule has 122 valence electrons. The van der Waals surface area contributed by atoms with Crippen molar-refractivity contribution in [3.63, 3.8) is 0 Å². The van der Waals surface area contributed by atoms with E-state index in [0.29, 0.717) is 16.3 Å². The van der Waals surface area contributed by atoms with Gasteiger partial charge in [-0.1, -0.05) is 6.07 Å². The van der Waals surface area contributed by atoms with Crippen molar-refractivity contribution >= 4 is 35.2 Å². The monoisotopic (exact) mass is 317 g/mol. The predicted octanol–water partition coefficient (Wildman–Crippen LogP) is 1.35. The summed E-state index contributed by atoms with van der Waals surface area (Å²) in [6.45, 7) is 1.53. The summed E-state index contributed by atoms with van der Waals surface area (Å²) in [5.41, 5.74) is 8.32. The third kappa shape index (κ3) is 3.68. The Morgan fingerprint density at radius 2 is 1.87 bits per heavy atom. The Morgan fingerprint density at radius 1 is 1.26 bits per heavy atom. The second-order valence-corrected chi connectivity index (χ2v) is 5.50. The fourth-order valence-corrected chi connectivity index (χ4v) is 2.08. The molecule has 2 rings (SSSR count). The molecule has 0 atom stereocenters. The second kappa shape index (κ2) is 6.51. The molecule has 1 saturated heterocycles. The van der Waals surface area contributed by atoms with Crippen molar-refractivity contribution in [2.45, 2.75) is 19.8 Å². The Morgan fingerprint density at radius 3 is 2.39 bits per heavy atom. The van der Waals surface area contributed by atoms with Crippen LogP contribution in [-0.2, 0) is 19.2 Å². The third-order valence-electron chi connectivity index (χ3n) is 3.46. The maximum atomic E-state index is 12.0. The van der Waals surface area contributed by atoms with E-state index in [9.17, 15) is 14.4 Å². The first-order chi connectivity index (χ1) is 10.8. The van der Waals surface area contributed by atoms with Crippen molar-refractivity contribution in [3.05, 3.63) is 29.3 Å². The topological polar surface area (TPSA) is 92.9 Å². The predicted molar refractivity (Wildman–Crippen MR) is 86.0 cm³/mol. The van der Waals surface area contributed by atoms with Gasteiger partial charge in [0.15, 0.2) is 0 Å². The van der Waals surface area contributed by atoms with Gasteiger partial charge in [0.1, 0.15) is 0 Å². The van der Waals surface area contributed by atoms with Crippen molar-refractivity contribution in [3.8, 4) is 0 Å². The molecule has 23 heavy (non-hydrogen) atoms. The van der Waals surface area contributed by atoms with Gasteiger partial charge < -0.3 is 15.5 Å². The first kappa shape index (κ1) is 16.5. The molecule has 2 amide bonds. The molecule has 1 aromatic carbocycles. The maximum absolute atomic E-state index is 12.0. The molecule has 1 aromatic rings. The van der Waals surface area contributed by atoms with Crippen LogP contribution in [0, 0.1) is 0 Å². The zero-order chi connectivity index (χ0) is 17.1. The van der Waals surface area contributed by atoms with Crippen molar-refractivity contribution < 1.29 is 19.2 Å². The summed E-state index contributed by atoms with van der Waals surface area (Å²) in [6.07, 6.45) is 1.68. The summed E-state index contributed by atoms with van der Waals surface area (Å²) in [6, 6.07) is 5.44. The zero-order valence-electron chi connectivity index (χ0n) is 13.3. The number of benzene rings is 1. The molecular weight excluding hydrogens is 298 g/mol. The highest BCUT2D eigenvalue weighted by Crippen LogP contribution is 2.22. The largest absolute Gasteiger partial charge is 0.398 e. The van der Waals surface area contributed by atoms with Crippen LogP contribution in [0.1, 0.15) is 25.3 Å². The molecule has 1 aliphatic rings. The number of hydroxylamine groups is 2. The number of hydrogen-bond donors (Lipinski definition) is 1. The SMILES string of the molecule is CC(=Cc1ccc(N(C)C)cc1N)C(=O)ON1C(=O)CCC1=O. The molecule has 1 heterocycles. The number of imide groups is 1. The maximum Gasteiger partial charge on any atom is 0.359 e. The van der Waals surface area contributed by atoms with Crippen LogP contribution in [0.3, 0.4) is 0 Å². The van der Waals surface area contributed by atoms with Crippen LogP contribution in [0.15, 0.2) is 23.8 Å². The van der Waals surface area contributed by atoms with E-state index < -0.39 is 17.8 Å². The van der Waals surface area contributed by atoms with Gasteiger partial charge in [0.2, 0.25) is 0 Å². The molecule has 0 aliphatic carbocycles. The van der Waals surface area contributed by atoms with E-state index >= 15 is 0 Å². The molecule has 1 aliphatic heterocycles. The lowest BCUT2D eigenvalue weighted by Gasteiger charge is -2.14. The number of rotatable bonds is 4. The van der Waals surface area contributed by atoms with Crippen LogP contribution < -0.4 is 10.6 Å². The van der Waals surface area contributed by atoms with Crippen LogP contribution in [0.4, 0.5) is 11.4 Å². The highest BCUT2D eigenvalue weighted by molar-refractivity contribution is 6.03. The fraction of sp³-hybridized carbons (Fsp3) is 0.312. The molecule has 7 heteroatoms. The number of amides is 2. The van der Waals surface area contributed by atoms with Crippen molar-refractivity contribution in [1.82, 2.24) is 5.06 Å². The lowest BCUT2D eigenvalue weighted by Crippen LogP contribution is -2.32. The third-order valence-corrected chi connectivity index (χ3v) is 3.46. The Labute approximate surface area is 134 Å². The Kier molecular flexibility index (Phi) is 4.68. The molecule has 2 N–H and O–H groups in total. The van der Waals surface area contributed by atoms with Crippen LogP contribution in [0.25, 0.3) is 6.08 Å². The molecule has 0 bridgehead atoms. The average Bonchev–Trinajstić information content (AvgIpc) is 2.80. The quantitative estimate of drug-likeness (QED) is 0.512. The highest BCUT2D eigenvalue weighted by Gasteiger charge is 2.33. The van der Waals surface area contributed by atoms with E-state index in [-0.39, 0.29) is 18.4 Å². The van der Waals surface area contributed by atoms with Gasteiger partial charge in [-0.25, -0.2) is 4.79 Å². The van der Waals surface area contributed by atoms with E-state index in [2.05, 4.69) is 0 Å². The fourth-order valence-electron chi connectivity index (χ4n) is 2.08. The van der Waals surface area contributed by atoms with E-state index in [1.807, 2.05) is 25.1 Å². The van der Waals surface area contributed by atoms with Gasteiger partial charge in [-0.3, -0.25) is 9.59 Å².